The fraction of sp³-hybridized carbons (Fsp3) is 0.519. The topological polar surface area (TPSA) is 200 Å². The third-order valence-electron chi connectivity index (χ3n) is 6.50. The molecule has 0 saturated carbocycles. The molecule has 1 aromatic heterocycles. The molecule has 0 aliphatic rings. The van der Waals surface area contributed by atoms with Crippen molar-refractivity contribution in [2.45, 2.75) is 77.5 Å². The van der Waals surface area contributed by atoms with Crippen LogP contribution in [0.3, 0.4) is 0 Å². The molecule has 12 nitrogen and oxygen atoms in total. The van der Waals surface area contributed by atoms with Crippen molar-refractivity contribution in [3.8, 4) is 5.75 Å². The number of imidazole rings is 1. The maximum Gasteiger partial charge on any atom is 0.326 e. The molecule has 0 fully saturated rings. The van der Waals surface area contributed by atoms with E-state index in [4.69, 9.17) is 5.73 Å². The van der Waals surface area contributed by atoms with Crippen LogP contribution in [0, 0.1) is 11.8 Å². The number of benzene rings is 1. The zero-order valence-electron chi connectivity index (χ0n) is 22.8. The molecule has 1 heterocycles. The van der Waals surface area contributed by atoms with E-state index >= 15 is 0 Å². The number of H-pyrrole nitrogens is 1. The number of nitrogens with one attached hydrogen (secondary N) is 4. The molecule has 0 aliphatic heterocycles. The molecule has 3 amide bonds. The number of hydrogen-bond donors (Lipinski definition) is 7. The van der Waals surface area contributed by atoms with Crippen molar-refractivity contribution in [2.75, 3.05) is 0 Å². The lowest BCUT2D eigenvalue weighted by Gasteiger charge is -2.26. The number of nitrogens with zero attached hydrogens (tertiary/aromatic N) is 1. The number of phenolic OH excluding ortho intramolecular Hbond substituents is 1. The smallest absolute Gasteiger partial charge is 0.326 e. The maximum absolute atomic E-state index is 13.5. The Kier molecular flexibility index (Phi) is 11.9. The number of phenols is 1. The number of aromatic nitrogens is 2. The van der Waals surface area contributed by atoms with Crippen LogP contribution in [0.1, 0.15) is 51.8 Å². The summed E-state index contributed by atoms with van der Waals surface area (Å²) >= 11 is 0. The van der Waals surface area contributed by atoms with Crippen LogP contribution in [0.15, 0.2) is 36.8 Å². The van der Waals surface area contributed by atoms with E-state index in [2.05, 4.69) is 25.9 Å². The summed E-state index contributed by atoms with van der Waals surface area (Å²) in [5.74, 6) is -3.10. The normalized spacial score (nSPS) is 15.0. The standard InChI is InChI=1S/C27H40N6O6/c1-5-16(4)23(28)26(37)32-20(11-17-6-8-19(34)9-7-17)24(35)31-21(12-18-13-29-14-30-18)25(36)33-22(27(38)39)10-15(2)3/h6-9,13-16,20-23,34H,5,10-12,28H2,1-4H3,(H,29,30)(H,31,35)(H,32,37)(H,33,36)(H,38,39). The Morgan fingerprint density at radius 1 is 0.923 bits per heavy atom. The lowest BCUT2D eigenvalue weighted by atomic mass is 9.98. The van der Waals surface area contributed by atoms with Crippen LogP contribution >= 0.6 is 0 Å². The van der Waals surface area contributed by atoms with E-state index in [9.17, 15) is 29.4 Å². The summed E-state index contributed by atoms with van der Waals surface area (Å²) in [7, 11) is 0. The van der Waals surface area contributed by atoms with E-state index < -0.39 is 47.9 Å². The van der Waals surface area contributed by atoms with Crippen LogP contribution in [-0.2, 0) is 32.0 Å². The van der Waals surface area contributed by atoms with Gasteiger partial charge in [-0.2, -0.15) is 0 Å². The summed E-state index contributed by atoms with van der Waals surface area (Å²) in [5, 5.41) is 27.1. The monoisotopic (exact) mass is 544 g/mol. The lowest BCUT2D eigenvalue weighted by Crippen LogP contribution is -2.58. The Bertz CT molecular complexity index is 1090. The molecule has 0 saturated heterocycles. The summed E-state index contributed by atoms with van der Waals surface area (Å²) in [6, 6.07) is 1.93. The van der Waals surface area contributed by atoms with Crippen molar-refractivity contribution >= 4 is 23.7 Å². The van der Waals surface area contributed by atoms with Gasteiger partial charge in [0.1, 0.15) is 23.9 Å². The molecule has 5 unspecified atom stereocenters. The van der Waals surface area contributed by atoms with Crippen LogP contribution in [-0.4, -0.2) is 68.0 Å². The van der Waals surface area contributed by atoms with Gasteiger partial charge in [0.05, 0.1) is 12.4 Å². The number of hydrogen-bond acceptors (Lipinski definition) is 7. The van der Waals surface area contributed by atoms with E-state index in [1.54, 1.807) is 12.1 Å². The molecule has 0 radical (unpaired) electrons. The Morgan fingerprint density at radius 2 is 1.49 bits per heavy atom. The summed E-state index contributed by atoms with van der Waals surface area (Å²) in [6.45, 7) is 7.42. The van der Waals surface area contributed by atoms with Crippen molar-refractivity contribution in [3.05, 3.63) is 48.0 Å². The summed E-state index contributed by atoms with van der Waals surface area (Å²) in [5.41, 5.74) is 7.29. The highest BCUT2D eigenvalue weighted by atomic mass is 16.4. The highest BCUT2D eigenvalue weighted by Crippen LogP contribution is 2.13. The lowest BCUT2D eigenvalue weighted by molar-refractivity contribution is -0.142. The third kappa shape index (κ3) is 10.0. The minimum Gasteiger partial charge on any atom is -0.508 e. The van der Waals surface area contributed by atoms with E-state index in [-0.39, 0.29) is 36.8 Å². The minimum absolute atomic E-state index is 0.00618. The molecule has 2 aromatic rings. The molecule has 0 spiro atoms. The molecule has 0 aliphatic carbocycles. The molecule has 2 rings (SSSR count). The van der Waals surface area contributed by atoms with E-state index in [0.29, 0.717) is 17.7 Å². The van der Waals surface area contributed by atoms with Crippen LogP contribution in [0.2, 0.25) is 0 Å². The van der Waals surface area contributed by atoms with Crippen molar-refractivity contribution in [1.29, 1.82) is 0 Å². The first-order chi connectivity index (χ1) is 18.4. The molecule has 0 bridgehead atoms. The van der Waals surface area contributed by atoms with Gasteiger partial charge in [0.15, 0.2) is 0 Å². The quantitative estimate of drug-likeness (QED) is 0.171. The van der Waals surface area contributed by atoms with Gasteiger partial charge in [-0.25, -0.2) is 9.78 Å². The maximum atomic E-state index is 13.5. The zero-order valence-corrected chi connectivity index (χ0v) is 22.8. The van der Waals surface area contributed by atoms with E-state index in [0.717, 1.165) is 0 Å². The molecule has 39 heavy (non-hydrogen) atoms. The predicted octanol–water partition coefficient (Wildman–Crippen LogP) is 0.859. The van der Waals surface area contributed by atoms with Crippen LogP contribution < -0.4 is 21.7 Å². The summed E-state index contributed by atoms with van der Waals surface area (Å²) in [6.07, 6.45) is 3.87. The van der Waals surface area contributed by atoms with Gasteiger partial charge in [0.25, 0.3) is 0 Å². The largest absolute Gasteiger partial charge is 0.508 e. The number of carboxylic acid groups (broad SMARTS) is 1. The number of carbonyl (C=O) groups excluding carboxylic acids is 3. The number of rotatable bonds is 15. The van der Waals surface area contributed by atoms with Gasteiger partial charge in [-0.15, -0.1) is 0 Å². The van der Waals surface area contributed by atoms with Crippen molar-refractivity contribution < 1.29 is 29.4 Å². The molecule has 214 valence electrons. The zero-order chi connectivity index (χ0) is 29.1. The Hall–Kier alpha value is -3.93. The number of carbonyl (C=O) groups is 4. The van der Waals surface area contributed by atoms with E-state index in [1.165, 1.54) is 24.7 Å². The van der Waals surface area contributed by atoms with Crippen molar-refractivity contribution in [2.24, 2.45) is 17.6 Å². The summed E-state index contributed by atoms with van der Waals surface area (Å²) < 4.78 is 0. The average molecular weight is 545 g/mol. The van der Waals surface area contributed by atoms with Gasteiger partial charge in [-0.1, -0.05) is 46.2 Å². The average Bonchev–Trinajstić information content (AvgIpc) is 3.40. The first-order valence-corrected chi connectivity index (χ1v) is 13.1. The second-order valence-corrected chi connectivity index (χ2v) is 10.2. The molecule has 12 heteroatoms. The number of aliphatic carboxylic acids is 1. The summed E-state index contributed by atoms with van der Waals surface area (Å²) in [4.78, 5) is 58.2. The number of nitrogens with two attached hydrogens (primary N) is 1. The van der Waals surface area contributed by atoms with Gasteiger partial charge < -0.3 is 36.9 Å². The minimum atomic E-state index is -1.18. The Labute approximate surface area is 228 Å². The van der Waals surface area contributed by atoms with Gasteiger partial charge in [0, 0.05) is 24.7 Å². The Morgan fingerprint density at radius 3 is 2.00 bits per heavy atom. The van der Waals surface area contributed by atoms with Gasteiger partial charge in [0.2, 0.25) is 17.7 Å². The van der Waals surface area contributed by atoms with Crippen LogP contribution in [0.4, 0.5) is 0 Å². The predicted molar refractivity (Wildman–Crippen MR) is 144 cm³/mol. The number of aromatic amines is 1. The van der Waals surface area contributed by atoms with Crippen molar-refractivity contribution in [1.82, 2.24) is 25.9 Å². The second kappa shape index (κ2) is 14.9. The van der Waals surface area contributed by atoms with Gasteiger partial charge in [-0.05, 0) is 36.0 Å². The van der Waals surface area contributed by atoms with Gasteiger partial charge >= 0.3 is 5.97 Å². The number of aromatic hydroxyl groups is 1. The first-order valence-electron chi connectivity index (χ1n) is 13.1. The number of carboxylic acids is 1. The highest BCUT2D eigenvalue weighted by molar-refractivity contribution is 5.94. The molecular weight excluding hydrogens is 504 g/mol. The SMILES string of the molecule is CCC(C)C(N)C(=O)NC(Cc1ccc(O)cc1)C(=O)NC(Cc1cnc[nH]1)C(=O)NC(CC(C)C)C(=O)O. The molecule has 8 N–H and O–H groups in total. The Balaban J connectivity index is 2.30. The fourth-order valence-corrected chi connectivity index (χ4v) is 3.92. The van der Waals surface area contributed by atoms with Crippen LogP contribution in [0.25, 0.3) is 0 Å². The molecule has 5 atom stereocenters. The van der Waals surface area contributed by atoms with Crippen molar-refractivity contribution in [3.63, 3.8) is 0 Å². The molecule has 1 aromatic carbocycles. The van der Waals surface area contributed by atoms with Crippen LogP contribution in [0.5, 0.6) is 5.75 Å². The highest BCUT2D eigenvalue weighted by Gasteiger charge is 2.31. The third-order valence-corrected chi connectivity index (χ3v) is 6.50. The molecular formula is C27H40N6O6. The second-order valence-electron chi connectivity index (χ2n) is 10.2. The fourth-order valence-electron chi connectivity index (χ4n) is 3.92. The van der Waals surface area contributed by atoms with E-state index in [1.807, 2.05) is 27.7 Å². The number of amides is 3. The first kappa shape index (κ1) is 31.3. The van der Waals surface area contributed by atoms with Gasteiger partial charge in [-0.3, -0.25) is 14.4 Å².